The first-order chi connectivity index (χ1) is 10.1. The molecule has 0 heterocycles. The SMILES string of the molecule is C[C@@H](NC(=O)c1ccc(I)cc1)c1ccc2c(c1)CCC2. The standard InChI is InChI=1S/C18H18INO/c1-12(15-6-5-13-3-2-4-16(13)11-15)20-18(21)14-7-9-17(19)10-8-14/h5-12H,2-4H2,1H3,(H,20,21)/t12-/m1/s1. The molecule has 0 bridgehead atoms. The fraction of sp³-hybridized carbons (Fsp3) is 0.278. The molecule has 2 aromatic carbocycles. The van der Waals surface area contributed by atoms with Gasteiger partial charge in [0, 0.05) is 9.13 Å². The highest BCUT2D eigenvalue weighted by Gasteiger charge is 2.15. The van der Waals surface area contributed by atoms with E-state index in [9.17, 15) is 4.79 Å². The van der Waals surface area contributed by atoms with Gasteiger partial charge in [0.05, 0.1) is 6.04 Å². The fourth-order valence-corrected chi connectivity index (χ4v) is 3.19. The monoisotopic (exact) mass is 391 g/mol. The molecule has 108 valence electrons. The Kier molecular flexibility index (Phi) is 4.29. The Balaban J connectivity index is 1.72. The van der Waals surface area contributed by atoms with Crippen molar-refractivity contribution in [1.82, 2.24) is 5.32 Å². The van der Waals surface area contributed by atoms with Crippen molar-refractivity contribution in [3.63, 3.8) is 0 Å². The minimum Gasteiger partial charge on any atom is -0.346 e. The topological polar surface area (TPSA) is 29.1 Å². The number of rotatable bonds is 3. The average molecular weight is 391 g/mol. The summed E-state index contributed by atoms with van der Waals surface area (Å²) in [6.07, 6.45) is 3.61. The van der Waals surface area contributed by atoms with Gasteiger partial charge in [-0.15, -0.1) is 0 Å². The third-order valence-electron chi connectivity index (χ3n) is 4.08. The normalized spacial score (nSPS) is 14.6. The van der Waals surface area contributed by atoms with Crippen LogP contribution in [-0.4, -0.2) is 5.91 Å². The molecule has 2 nitrogen and oxygen atoms in total. The average Bonchev–Trinajstić information content (AvgIpc) is 2.95. The molecule has 1 N–H and O–H groups in total. The summed E-state index contributed by atoms with van der Waals surface area (Å²) in [4.78, 5) is 12.3. The summed E-state index contributed by atoms with van der Waals surface area (Å²) >= 11 is 2.24. The maximum atomic E-state index is 12.3. The van der Waals surface area contributed by atoms with Gasteiger partial charge in [-0.3, -0.25) is 4.79 Å². The number of amides is 1. The molecule has 1 atom stereocenters. The number of carbonyl (C=O) groups excluding carboxylic acids is 1. The Morgan fingerprint density at radius 1 is 1.10 bits per heavy atom. The van der Waals surface area contributed by atoms with Crippen molar-refractivity contribution in [3.8, 4) is 0 Å². The van der Waals surface area contributed by atoms with Gasteiger partial charge >= 0.3 is 0 Å². The molecule has 3 heteroatoms. The maximum absolute atomic E-state index is 12.3. The summed E-state index contributed by atoms with van der Waals surface area (Å²) in [6.45, 7) is 2.04. The first-order valence-electron chi connectivity index (χ1n) is 7.31. The van der Waals surface area contributed by atoms with Crippen LogP contribution in [0.5, 0.6) is 0 Å². The van der Waals surface area contributed by atoms with Gasteiger partial charge in [0.1, 0.15) is 0 Å². The van der Waals surface area contributed by atoms with Crippen LogP contribution in [0.15, 0.2) is 42.5 Å². The van der Waals surface area contributed by atoms with Crippen molar-refractivity contribution >= 4 is 28.5 Å². The second kappa shape index (κ2) is 6.18. The predicted octanol–water partition coefficient (Wildman–Crippen LogP) is 4.27. The van der Waals surface area contributed by atoms with Crippen LogP contribution >= 0.6 is 22.6 Å². The molecule has 0 unspecified atom stereocenters. The Morgan fingerprint density at radius 2 is 1.81 bits per heavy atom. The molecule has 0 saturated carbocycles. The lowest BCUT2D eigenvalue weighted by molar-refractivity contribution is 0.0940. The molecular formula is C18H18INO. The fourth-order valence-electron chi connectivity index (χ4n) is 2.83. The van der Waals surface area contributed by atoms with Gasteiger partial charge in [-0.1, -0.05) is 18.2 Å². The molecule has 21 heavy (non-hydrogen) atoms. The number of aryl methyl sites for hydroxylation is 2. The number of fused-ring (bicyclic) bond motifs is 1. The summed E-state index contributed by atoms with van der Waals surface area (Å²) in [5.41, 5.74) is 4.82. The highest BCUT2D eigenvalue weighted by Crippen LogP contribution is 2.25. The van der Waals surface area contributed by atoms with Crippen molar-refractivity contribution < 1.29 is 4.79 Å². The molecule has 0 aromatic heterocycles. The molecule has 1 amide bonds. The van der Waals surface area contributed by atoms with Gasteiger partial charge < -0.3 is 5.32 Å². The number of benzene rings is 2. The lowest BCUT2D eigenvalue weighted by atomic mass is 10.0. The third-order valence-corrected chi connectivity index (χ3v) is 4.80. The second-order valence-electron chi connectivity index (χ2n) is 5.58. The van der Waals surface area contributed by atoms with Crippen molar-refractivity contribution in [1.29, 1.82) is 0 Å². The summed E-state index contributed by atoms with van der Waals surface area (Å²) in [7, 11) is 0. The van der Waals surface area contributed by atoms with Gasteiger partial charge in [0.2, 0.25) is 0 Å². The van der Waals surface area contributed by atoms with Crippen molar-refractivity contribution in [3.05, 3.63) is 68.3 Å². The molecule has 2 aromatic rings. The van der Waals surface area contributed by atoms with Gasteiger partial charge in [0.15, 0.2) is 0 Å². The number of halogens is 1. The van der Waals surface area contributed by atoms with Crippen LogP contribution in [0, 0.1) is 3.57 Å². The summed E-state index contributed by atoms with van der Waals surface area (Å²) < 4.78 is 1.14. The van der Waals surface area contributed by atoms with E-state index in [0.29, 0.717) is 5.56 Å². The first kappa shape index (κ1) is 14.6. The Labute approximate surface area is 139 Å². The number of nitrogens with one attached hydrogen (secondary N) is 1. The van der Waals surface area contributed by atoms with Gasteiger partial charge in [-0.05, 0) is 89.7 Å². The predicted molar refractivity (Wildman–Crippen MR) is 93.5 cm³/mol. The minimum atomic E-state index is -0.0144. The molecule has 0 spiro atoms. The summed E-state index contributed by atoms with van der Waals surface area (Å²) in [5.74, 6) is -0.0144. The van der Waals surface area contributed by atoms with Gasteiger partial charge in [-0.25, -0.2) is 0 Å². The third kappa shape index (κ3) is 3.28. The zero-order valence-corrected chi connectivity index (χ0v) is 14.2. The zero-order chi connectivity index (χ0) is 14.8. The number of hydrogen-bond acceptors (Lipinski definition) is 1. The highest BCUT2D eigenvalue weighted by atomic mass is 127. The number of carbonyl (C=O) groups is 1. The van der Waals surface area contributed by atoms with Crippen molar-refractivity contribution in [2.24, 2.45) is 0 Å². The van der Waals surface area contributed by atoms with Crippen LogP contribution in [-0.2, 0) is 12.8 Å². The van der Waals surface area contributed by atoms with Crippen LogP contribution in [0.25, 0.3) is 0 Å². The molecule has 1 aliphatic carbocycles. The highest BCUT2D eigenvalue weighted by molar-refractivity contribution is 14.1. The molecule has 0 saturated heterocycles. The smallest absolute Gasteiger partial charge is 0.251 e. The summed E-state index contributed by atoms with van der Waals surface area (Å²) in [5, 5.41) is 3.08. The summed E-state index contributed by atoms with van der Waals surface area (Å²) in [6, 6.07) is 14.3. The van der Waals surface area contributed by atoms with E-state index < -0.39 is 0 Å². The van der Waals surface area contributed by atoms with E-state index in [1.54, 1.807) is 0 Å². The number of hydrogen-bond donors (Lipinski definition) is 1. The van der Waals surface area contributed by atoms with E-state index in [4.69, 9.17) is 0 Å². The lowest BCUT2D eigenvalue weighted by Gasteiger charge is -2.15. The van der Waals surface area contributed by atoms with E-state index in [0.717, 1.165) is 3.57 Å². The Bertz CT molecular complexity index is 663. The van der Waals surface area contributed by atoms with Crippen LogP contribution in [0.1, 0.15) is 46.4 Å². The molecule has 3 rings (SSSR count). The maximum Gasteiger partial charge on any atom is 0.251 e. The molecule has 0 radical (unpaired) electrons. The van der Waals surface area contributed by atoms with Crippen LogP contribution in [0.3, 0.4) is 0 Å². The molecule has 0 aliphatic heterocycles. The van der Waals surface area contributed by atoms with E-state index in [1.165, 1.54) is 36.0 Å². The van der Waals surface area contributed by atoms with Crippen LogP contribution in [0.2, 0.25) is 0 Å². The van der Waals surface area contributed by atoms with Crippen LogP contribution in [0.4, 0.5) is 0 Å². The van der Waals surface area contributed by atoms with Crippen molar-refractivity contribution in [2.75, 3.05) is 0 Å². The van der Waals surface area contributed by atoms with E-state index in [1.807, 2.05) is 31.2 Å². The molecular weight excluding hydrogens is 373 g/mol. The molecule has 0 fully saturated rings. The van der Waals surface area contributed by atoms with E-state index in [-0.39, 0.29) is 11.9 Å². The first-order valence-corrected chi connectivity index (χ1v) is 8.39. The lowest BCUT2D eigenvalue weighted by Crippen LogP contribution is -2.26. The van der Waals surface area contributed by atoms with Gasteiger partial charge in [-0.2, -0.15) is 0 Å². The van der Waals surface area contributed by atoms with E-state index >= 15 is 0 Å². The minimum absolute atomic E-state index is 0.0144. The zero-order valence-electron chi connectivity index (χ0n) is 12.0. The molecule has 1 aliphatic rings. The Morgan fingerprint density at radius 3 is 2.57 bits per heavy atom. The van der Waals surface area contributed by atoms with Gasteiger partial charge in [0.25, 0.3) is 5.91 Å². The second-order valence-corrected chi connectivity index (χ2v) is 6.83. The van der Waals surface area contributed by atoms with Crippen LogP contribution < -0.4 is 5.32 Å². The quantitative estimate of drug-likeness (QED) is 0.778. The van der Waals surface area contributed by atoms with Crippen molar-refractivity contribution in [2.45, 2.75) is 32.2 Å². The largest absolute Gasteiger partial charge is 0.346 e. The van der Waals surface area contributed by atoms with E-state index in [2.05, 4.69) is 46.1 Å². The Hall–Kier alpha value is -1.36.